The standard InChI is InChI=1S/C84H119N17O29S/c1-8-43(4)66(78(125)93-55(35-49-19-23-51(107)24-20-49)72(119)89-53(32-42(2)3)71(118)91-57(36-64(112)113)70(117)88-44(5)14-12-13-29-85)99-77(124)60(40-103)95-73(120)54(34-48-17-21-50(106)22-18-48)90-74(121)58(37-65(114)115)92-76(123)59(39-102)96-80(127)68(46(7)105)100-75(122)56(33-47-15-10-9-11-16-47)94-79(126)67(45(6)104)98-61(108)38-87-69(116)52(25-26-63(110)111)97-82(129)84(27-28-84)81(128)86-30-31-101-62(109)41-131-83(101)130/h9-11,15-24,42-46,52-60,66-68,102-107H,8,12-14,25-41,85H2,1-7H3,(H,86,128)(H,87,116)(H,88,117)(H,89,119)(H,90,121)(H,91,118)(H,92,123)(H,93,125)(H,94,126)(H,95,120)(H,96,127)(H,97,129)(H,98,108)(H,99,124)(H,100,122)(H,110,111)(H,112,113)(H,114,115)/t43-,44+,45+,46+,52-,53-,54-,55-,56-,57-,58-,59-,60-,66-,67-,68-/m0/s1. The van der Waals surface area contributed by atoms with Gasteiger partial charge in [0.25, 0.3) is 5.24 Å². The van der Waals surface area contributed by atoms with Crippen molar-refractivity contribution in [2.45, 2.75) is 229 Å². The Morgan fingerprint density at radius 2 is 0.855 bits per heavy atom. The quantitative estimate of drug-likeness (QED) is 0.0185. The van der Waals surface area contributed by atoms with Crippen LogP contribution in [0.1, 0.15) is 136 Å². The summed E-state index contributed by atoms with van der Waals surface area (Å²) in [7, 11) is 0. The van der Waals surface area contributed by atoms with Crippen LogP contribution in [0.4, 0.5) is 4.79 Å². The first kappa shape index (κ1) is 109. The molecule has 1 aliphatic carbocycles. The zero-order chi connectivity index (χ0) is 97.7. The monoisotopic (exact) mass is 1860 g/mol. The molecule has 46 nitrogen and oxygen atoms in total. The highest BCUT2D eigenvalue weighted by atomic mass is 32.2. The molecule has 0 aromatic heterocycles. The molecular formula is C84H119N17O29S. The number of hydrogen-bond acceptors (Lipinski definition) is 28. The fraction of sp³-hybridized carbons (Fsp3) is 0.548. The van der Waals surface area contributed by atoms with Crippen molar-refractivity contribution in [3.8, 4) is 11.5 Å². The highest BCUT2D eigenvalue weighted by Crippen LogP contribution is 2.46. The number of hydrogen-bond donors (Lipinski definition) is 25. The first-order chi connectivity index (χ1) is 61.8. The number of nitrogens with zero attached hydrogens (tertiary/aromatic N) is 1. The van der Waals surface area contributed by atoms with E-state index in [4.69, 9.17) is 5.73 Å². The molecule has 720 valence electrons. The summed E-state index contributed by atoms with van der Waals surface area (Å²) < 4.78 is 0. The van der Waals surface area contributed by atoms with Crippen molar-refractivity contribution >= 4 is 129 Å². The van der Waals surface area contributed by atoms with E-state index < -0.39 is 278 Å². The lowest BCUT2D eigenvalue weighted by molar-refractivity contribution is -0.142. The number of carbonyl (C=O) groups is 20. The summed E-state index contributed by atoms with van der Waals surface area (Å²) >= 11 is 0.771. The third kappa shape index (κ3) is 35.8. The first-order valence-electron chi connectivity index (χ1n) is 42.3. The number of amides is 17. The predicted octanol–water partition coefficient (Wildman–Crippen LogP) is -6.06. The molecule has 0 radical (unpaired) electrons. The minimum Gasteiger partial charge on any atom is -0.508 e. The molecule has 0 spiro atoms. The van der Waals surface area contributed by atoms with Crippen molar-refractivity contribution in [2.75, 3.05) is 45.1 Å². The predicted molar refractivity (Wildman–Crippen MR) is 463 cm³/mol. The van der Waals surface area contributed by atoms with Crippen LogP contribution >= 0.6 is 11.8 Å². The number of nitrogens with one attached hydrogen (secondary N) is 15. The van der Waals surface area contributed by atoms with Crippen LogP contribution in [0.2, 0.25) is 0 Å². The van der Waals surface area contributed by atoms with Crippen molar-refractivity contribution in [1.29, 1.82) is 0 Å². The number of phenolic OH excluding ortho intramolecular Hbond substituents is 2. The van der Waals surface area contributed by atoms with Crippen molar-refractivity contribution in [2.24, 2.45) is 23.0 Å². The molecule has 1 aliphatic heterocycles. The molecule has 17 amide bonds. The number of rotatable bonds is 57. The Kier molecular flexibility index (Phi) is 44.1. The number of imide groups is 1. The third-order valence-electron chi connectivity index (χ3n) is 21.1. The van der Waals surface area contributed by atoms with Gasteiger partial charge in [0.15, 0.2) is 0 Å². The summed E-state index contributed by atoms with van der Waals surface area (Å²) in [5, 5.41) is 128. The van der Waals surface area contributed by atoms with Gasteiger partial charge < -0.3 is 131 Å². The minimum atomic E-state index is -2.23. The Morgan fingerprint density at radius 1 is 0.443 bits per heavy atom. The van der Waals surface area contributed by atoms with Crippen LogP contribution in [0.5, 0.6) is 11.5 Å². The maximum atomic E-state index is 14.7. The topological polar surface area (TPSA) is 733 Å². The van der Waals surface area contributed by atoms with E-state index >= 15 is 0 Å². The molecule has 1 saturated heterocycles. The number of benzene rings is 3. The Morgan fingerprint density at radius 3 is 1.31 bits per heavy atom. The molecule has 5 rings (SSSR count). The number of nitrogens with two attached hydrogens (primary N) is 1. The van der Waals surface area contributed by atoms with Gasteiger partial charge in [-0.15, -0.1) is 0 Å². The van der Waals surface area contributed by atoms with Gasteiger partial charge in [-0.05, 0) is 119 Å². The molecule has 0 bridgehead atoms. The van der Waals surface area contributed by atoms with Gasteiger partial charge in [0.1, 0.15) is 89.4 Å². The largest absolute Gasteiger partial charge is 0.508 e. The molecule has 2 aliphatic rings. The van der Waals surface area contributed by atoms with Gasteiger partial charge >= 0.3 is 17.9 Å². The van der Waals surface area contributed by atoms with E-state index in [0.717, 1.165) is 30.5 Å². The molecular weight excluding hydrogens is 1740 g/mol. The number of aliphatic hydroxyl groups excluding tert-OH is 4. The number of aromatic hydroxyl groups is 2. The summed E-state index contributed by atoms with van der Waals surface area (Å²) in [4.78, 5) is 272. The van der Waals surface area contributed by atoms with Gasteiger partial charge in [-0.25, -0.2) is 0 Å². The molecule has 16 atom stereocenters. The molecule has 3 aromatic carbocycles. The lowest BCUT2D eigenvalue weighted by Gasteiger charge is -2.30. The van der Waals surface area contributed by atoms with Crippen LogP contribution in [0.25, 0.3) is 0 Å². The molecule has 1 heterocycles. The first-order valence-corrected chi connectivity index (χ1v) is 43.3. The lowest BCUT2D eigenvalue weighted by Crippen LogP contribution is -2.63. The highest BCUT2D eigenvalue weighted by molar-refractivity contribution is 8.14. The van der Waals surface area contributed by atoms with E-state index in [1.807, 2.05) is 0 Å². The van der Waals surface area contributed by atoms with Gasteiger partial charge in [0.05, 0.1) is 50.6 Å². The van der Waals surface area contributed by atoms with Crippen molar-refractivity contribution in [3.05, 3.63) is 95.6 Å². The van der Waals surface area contributed by atoms with Crippen LogP contribution in [-0.2, 0) is 110 Å². The smallest absolute Gasteiger partial charge is 0.305 e. The second kappa shape index (κ2) is 53.2. The van der Waals surface area contributed by atoms with Crippen LogP contribution in [0.3, 0.4) is 0 Å². The number of carboxylic acids is 3. The zero-order valence-corrected chi connectivity index (χ0v) is 74.1. The van der Waals surface area contributed by atoms with E-state index in [0.29, 0.717) is 36.9 Å². The van der Waals surface area contributed by atoms with Gasteiger partial charge in [-0.1, -0.05) is 107 Å². The van der Waals surface area contributed by atoms with E-state index in [2.05, 4.69) is 79.8 Å². The van der Waals surface area contributed by atoms with E-state index in [-0.39, 0.29) is 73.9 Å². The van der Waals surface area contributed by atoms with Gasteiger partial charge in [0.2, 0.25) is 94.5 Å². The summed E-state index contributed by atoms with van der Waals surface area (Å²) in [6.07, 6.45) is -6.60. The molecule has 131 heavy (non-hydrogen) atoms. The molecule has 0 unspecified atom stereocenters. The van der Waals surface area contributed by atoms with Crippen LogP contribution in [0.15, 0.2) is 78.9 Å². The van der Waals surface area contributed by atoms with E-state index in [1.165, 1.54) is 67.6 Å². The Labute approximate surface area is 756 Å². The summed E-state index contributed by atoms with van der Waals surface area (Å²) in [6.45, 7) is 6.68. The second-order valence-corrected chi connectivity index (χ2v) is 33.2. The minimum absolute atomic E-state index is 0.00263. The fourth-order valence-corrected chi connectivity index (χ4v) is 14.1. The Bertz CT molecular complexity index is 4510. The summed E-state index contributed by atoms with van der Waals surface area (Å²) in [5.41, 5.74) is 4.76. The lowest BCUT2D eigenvalue weighted by atomic mass is 9.96. The molecule has 2 fully saturated rings. The molecule has 1 saturated carbocycles. The number of thioether (sulfide) groups is 1. The normalized spacial score (nSPS) is 16.3. The maximum absolute atomic E-state index is 14.7. The number of phenols is 2. The number of carboxylic acid groups (broad SMARTS) is 3. The summed E-state index contributed by atoms with van der Waals surface area (Å²) in [6, 6.07) is -4.57. The number of aliphatic carboxylic acids is 3. The van der Waals surface area contributed by atoms with Gasteiger partial charge in [-0.3, -0.25) is 101 Å². The zero-order valence-electron chi connectivity index (χ0n) is 73.3. The number of aliphatic hydroxyl groups is 4. The second-order valence-electron chi connectivity index (χ2n) is 32.3. The third-order valence-corrected chi connectivity index (χ3v) is 22.0. The Balaban J connectivity index is 1.31. The maximum Gasteiger partial charge on any atom is 0.305 e. The molecule has 47 heteroatoms. The molecule has 26 N–H and O–H groups in total. The van der Waals surface area contributed by atoms with Gasteiger partial charge in [-0.2, -0.15) is 0 Å². The van der Waals surface area contributed by atoms with E-state index in [9.17, 15) is 142 Å². The van der Waals surface area contributed by atoms with Crippen molar-refractivity contribution < 1.29 is 142 Å². The van der Waals surface area contributed by atoms with Gasteiger partial charge in [0, 0.05) is 44.8 Å². The number of unbranched alkanes of at least 4 members (excludes halogenated alkanes) is 1. The fourth-order valence-electron chi connectivity index (χ4n) is 13.3. The highest BCUT2D eigenvalue weighted by Gasteiger charge is 2.57. The average molecular weight is 1860 g/mol. The van der Waals surface area contributed by atoms with Crippen molar-refractivity contribution in [3.63, 3.8) is 0 Å². The Hall–Kier alpha value is -13.0. The average Bonchev–Trinajstić information content (AvgIpc) is 1.61. The van der Waals surface area contributed by atoms with Crippen LogP contribution in [0, 0.1) is 17.3 Å². The van der Waals surface area contributed by atoms with Crippen molar-refractivity contribution in [1.82, 2.24) is 84.7 Å². The number of carbonyl (C=O) groups excluding carboxylic acids is 17. The summed E-state index contributed by atoms with van der Waals surface area (Å²) in [5.74, 6) is -24.2. The molecule has 3 aromatic rings. The SMILES string of the molecule is CC[C@H](C)[C@H](NC(=O)[C@H](CO)NC(=O)[C@H](Cc1ccc(O)cc1)NC(=O)[C@H](CC(=O)O)NC(=O)[C@H](CO)NC(=O)[C@@H](NC(=O)[C@H](Cc1ccccc1)NC(=O)[C@@H](NC(=O)CNC(=O)[C@H](CCC(=O)O)NC(=O)C1(C(=O)NCCN2C(=O)CSC2=O)CC1)[C@@H](C)O)[C@@H](C)O)C(=O)N[C@@H](Cc1ccc(O)cc1)C(=O)N[C@@H](CC(C)C)C(=O)N[C@@H](CC(=O)O)C(=O)N[C@H](C)CCCCN. The van der Waals surface area contributed by atoms with Crippen LogP contribution < -0.4 is 85.5 Å². The van der Waals surface area contributed by atoms with E-state index in [1.54, 1.807) is 45.9 Å². The van der Waals surface area contributed by atoms with Crippen LogP contribution in [-0.4, -0.2) is 304 Å².